The van der Waals surface area contributed by atoms with E-state index in [-0.39, 0.29) is 16.4 Å². The number of aliphatic hydroxyl groups excluding tert-OH is 1. The lowest BCUT2D eigenvalue weighted by Crippen LogP contribution is -2.29. The molecule has 1 aromatic heterocycles. The summed E-state index contributed by atoms with van der Waals surface area (Å²) >= 11 is 13.7. The highest BCUT2D eigenvalue weighted by Gasteiger charge is 2.48. The molecule has 10 heteroatoms. The summed E-state index contributed by atoms with van der Waals surface area (Å²) < 4.78 is 11.8. The second-order valence-corrected chi connectivity index (χ2v) is 10.4. The first-order valence-electron chi connectivity index (χ1n) is 11.8. The zero-order valence-electron chi connectivity index (χ0n) is 20.4. The van der Waals surface area contributed by atoms with Gasteiger partial charge in [-0.25, -0.2) is 4.98 Å². The molecule has 1 aliphatic heterocycles. The Labute approximate surface area is 232 Å². The zero-order valence-corrected chi connectivity index (χ0v) is 22.7. The Kier molecular flexibility index (Phi) is 7.29. The number of methoxy groups -OCH3 is 1. The van der Waals surface area contributed by atoms with Crippen LogP contribution in [0.4, 0.5) is 5.13 Å². The number of hydrogen-bond acceptors (Lipinski definition) is 7. The van der Waals surface area contributed by atoms with Gasteiger partial charge in [0, 0.05) is 5.56 Å². The minimum atomic E-state index is -0.993. The van der Waals surface area contributed by atoms with E-state index in [4.69, 9.17) is 32.7 Å². The Morgan fingerprint density at radius 2 is 1.87 bits per heavy atom. The van der Waals surface area contributed by atoms with Crippen LogP contribution in [0, 0.1) is 0 Å². The number of carbonyl (C=O) groups excluding carboxylic acids is 2. The van der Waals surface area contributed by atoms with Crippen molar-refractivity contribution in [3.8, 4) is 11.5 Å². The Morgan fingerprint density at radius 3 is 2.61 bits per heavy atom. The zero-order chi connectivity index (χ0) is 27.0. The van der Waals surface area contributed by atoms with Crippen LogP contribution >= 0.6 is 34.5 Å². The van der Waals surface area contributed by atoms with E-state index in [1.807, 2.05) is 13.0 Å². The quantitative estimate of drug-likeness (QED) is 0.146. The fraction of sp³-hybridized carbons (Fsp3) is 0.179. The summed E-state index contributed by atoms with van der Waals surface area (Å²) in [5.41, 5.74) is 1.39. The fourth-order valence-corrected chi connectivity index (χ4v) is 5.59. The van der Waals surface area contributed by atoms with Crippen molar-refractivity contribution in [1.82, 2.24) is 4.98 Å². The third-order valence-corrected chi connectivity index (χ3v) is 7.83. The average Bonchev–Trinajstić information content (AvgIpc) is 3.46. The van der Waals surface area contributed by atoms with Crippen molar-refractivity contribution < 1.29 is 24.2 Å². The Morgan fingerprint density at radius 1 is 1.05 bits per heavy atom. The highest BCUT2D eigenvalue weighted by molar-refractivity contribution is 7.22. The topological polar surface area (TPSA) is 89.0 Å². The first-order valence-corrected chi connectivity index (χ1v) is 13.3. The molecule has 0 radical (unpaired) electrons. The van der Waals surface area contributed by atoms with Gasteiger partial charge in [-0.05, 0) is 54.4 Å². The van der Waals surface area contributed by atoms with Crippen LogP contribution in [0.5, 0.6) is 11.5 Å². The van der Waals surface area contributed by atoms with Gasteiger partial charge in [0.2, 0.25) is 0 Å². The lowest BCUT2D eigenvalue weighted by molar-refractivity contribution is -0.132. The van der Waals surface area contributed by atoms with Crippen molar-refractivity contribution in [2.45, 2.75) is 19.4 Å². The number of halogens is 2. The number of ketones is 1. The van der Waals surface area contributed by atoms with Gasteiger partial charge in [0.25, 0.3) is 5.78 Å². The highest BCUT2D eigenvalue weighted by atomic mass is 35.5. The van der Waals surface area contributed by atoms with Gasteiger partial charge in [-0.2, -0.15) is 0 Å². The smallest absolute Gasteiger partial charge is 0.301 e. The van der Waals surface area contributed by atoms with Gasteiger partial charge in [-0.3, -0.25) is 14.5 Å². The molecule has 1 unspecified atom stereocenters. The van der Waals surface area contributed by atoms with Gasteiger partial charge in [-0.1, -0.05) is 59.7 Å². The lowest BCUT2D eigenvalue weighted by atomic mass is 9.95. The standard InChI is InChI=1S/C28H22Cl2N2O5S/c1-3-11-37-18-6-4-5-16(12-18)25(33)23-24(15-7-9-19(29)20(30)13-15)32(27(35)26(23)34)28-31-21-10-8-17(36-2)14-22(21)38-28/h4-10,12-14,24,33H,3,11H2,1-2H3/b25-23+. The predicted octanol–water partition coefficient (Wildman–Crippen LogP) is 7.03. The minimum absolute atomic E-state index is 0.0853. The number of thiazole rings is 1. The second-order valence-electron chi connectivity index (χ2n) is 8.55. The Balaban J connectivity index is 1.69. The Bertz CT molecular complexity index is 1600. The van der Waals surface area contributed by atoms with Crippen LogP contribution in [0.2, 0.25) is 10.0 Å². The van der Waals surface area contributed by atoms with Crippen LogP contribution < -0.4 is 14.4 Å². The van der Waals surface area contributed by atoms with Gasteiger partial charge < -0.3 is 14.6 Å². The molecule has 38 heavy (non-hydrogen) atoms. The summed E-state index contributed by atoms with van der Waals surface area (Å²) in [6.45, 7) is 2.49. The van der Waals surface area contributed by atoms with E-state index in [2.05, 4.69) is 4.98 Å². The molecule has 5 rings (SSSR count). The third-order valence-electron chi connectivity index (χ3n) is 6.07. The second kappa shape index (κ2) is 10.6. The number of ether oxygens (including phenoxy) is 2. The molecular weight excluding hydrogens is 547 g/mol. The van der Waals surface area contributed by atoms with Gasteiger partial charge in [0.05, 0.1) is 45.6 Å². The van der Waals surface area contributed by atoms with E-state index in [0.29, 0.717) is 44.9 Å². The number of Topliss-reactive ketones (excluding diaryl/α,β-unsaturated/α-hetero) is 1. The van der Waals surface area contributed by atoms with E-state index >= 15 is 0 Å². The SMILES string of the molecule is CCCOc1cccc(/C(O)=C2\C(=O)C(=O)N(c3nc4ccc(OC)cc4s3)C2c2ccc(Cl)c(Cl)c2)c1. The number of hydrogen-bond donors (Lipinski definition) is 1. The Hall–Kier alpha value is -3.59. The van der Waals surface area contributed by atoms with Crippen LogP contribution in [0.25, 0.3) is 16.0 Å². The van der Waals surface area contributed by atoms with Gasteiger partial charge in [0.1, 0.15) is 17.3 Å². The first kappa shape index (κ1) is 26.0. The first-order chi connectivity index (χ1) is 18.3. The van der Waals surface area contributed by atoms with Crippen molar-refractivity contribution in [3.05, 3.63) is 87.4 Å². The third kappa shape index (κ3) is 4.71. The van der Waals surface area contributed by atoms with Crippen molar-refractivity contribution in [2.24, 2.45) is 0 Å². The molecule has 1 N–H and O–H groups in total. The maximum absolute atomic E-state index is 13.5. The van der Waals surface area contributed by atoms with Gasteiger partial charge in [-0.15, -0.1) is 0 Å². The number of fused-ring (bicyclic) bond motifs is 1. The van der Waals surface area contributed by atoms with E-state index in [1.54, 1.807) is 61.7 Å². The van der Waals surface area contributed by atoms with Crippen molar-refractivity contribution in [3.63, 3.8) is 0 Å². The molecule has 0 spiro atoms. The van der Waals surface area contributed by atoms with E-state index in [9.17, 15) is 14.7 Å². The summed E-state index contributed by atoms with van der Waals surface area (Å²) in [7, 11) is 1.56. The van der Waals surface area contributed by atoms with Gasteiger partial charge in [0.15, 0.2) is 5.13 Å². The number of aliphatic hydroxyl groups is 1. The van der Waals surface area contributed by atoms with Gasteiger partial charge >= 0.3 is 5.91 Å². The number of anilines is 1. The average molecular weight is 569 g/mol. The number of aromatic nitrogens is 1. The number of carbonyl (C=O) groups is 2. The normalized spacial score (nSPS) is 16.8. The molecule has 1 aliphatic rings. The maximum atomic E-state index is 13.5. The molecular formula is C28H22Cl2N2O5S. The van der Waals surface area contributed by atoms with E-state index in [0.717, 1.165) is 11.1 Å². The number of benzene rings is 3. The molecule has 0 aliphatic carbocycles. The lowest BCUT2D eigenvalue weighted by Gasteiger charge is -2.23. The van der Waals surface area contributed by atoms with Crippen molar-refractivity contribution in [2.75, 3.05) is 18.6 Å². The van der Waals surface area contributed by atoms with Crippen LogP contribution in [0.15, 0.2) is 66.2 Å². The van der Waals surface area contributed by atoms with Crippen LogP contribution in [-0.2, 0) is 9.59 Å². The molecule has 0 bridgehead atoms. The molecule has 1 fully saturated rings. The predicted molar refractivity (Wildman–Crippen MR) is 150 cm³/mol. The molecule has 1 saturated heterocycles. The minimum Gasteiger partial charge on any atom is -0.507 e. The monoisotopic (exact) mass is 568 g/mol. The molecule has 194 valence electrons. The summed E-state index contributed by atoms with van der Waals surface area (Å²) in [6, 6.07) is 16.0. The van der Waals surface area contributed by atoms with E-state index < -0.39 is 17.7 Å². The van der Waals surface area contributed by atoms with Crippen molar-refractivity contribution >= 4 is 67.3 Å². The maximum Gasteiger partial charge on any atom is 0.301 e. The van der Waals surface area contributed by atoms with Crippen LogP contribution in [0.1, 0.15) is 30.5 Å². The molecule has 1 amide bonds. The highest BCUT2D eigenvalue weighted by Crippen LogP contribution is 2.45. The molecule has 2 heterocycles. The summed E-state index contributed by atoms with van der Waals surface area (Å²) in [5, 5.41) is 12.3. The van der Waals surface area contributed by atoms with Crippen LogP contribution in [0.3, 0.4) is 0 Å². The number of nitrogens with zero attached hydrogens (tertiary/aromatic N) is 2. The number of amides is 1. The summed E-state index contributed by atoms with van der Waals surface area (Å²) in [5.74, 6) is -0.800. The van der Waals surface area contributed by atoms with Crippen LogP contribution in [-0.4, -0.2) is 35.5 Å². The molecule has 4 aromatic rings. The molecule has 3 aromatic carbocycles. The largest absolute Gasteiger partial charge is 0.507 e. The van der Waals surface area contributed by atoms with E-state index in [1.165, 1.54) is 16.2 Å². The summed E-state index contributed by atoms with van der Waals surface area (Å²) in [6.07, 6.45) is 0.812. The molecule has 1 atom stereocenters. The number of rotatable bonds is 7. The molecule has 0 saturated carbocycles. The van der Waals surface area contributed by atoms with Crippen molar-refractivity contribution in [1.29, 1.82) is 0 Å². The molecule has 7 nitrogen and oxygen atoms in total. The fourth-order valence-electron chi connectivity index (χ4n) is 4.26. The summed E-state index contributed by atoms with van der Waals surface area (Å²) in [4.78, 5) is 32.9.